The minimum atomic E-state index is 1.01. The van der Waals surface area contributed by atoms with Crippen molar-refractivity contribution in [3.63, 3.8) is 0 Å². The van der Waals surface area contributed by atoms with Crippen LogP contribution >= 0.6 is 0 Å². The Hall–Kier alpha value is -1.30. The predicted octanol–water partition coefficient (Wildman–Crippen LogP) is 5.23. The number of hydrogen-bond donors (Lipinski definition) is 0. The van der Waals surface area contributed by atoms with E-state index < -0.39 is 0 Å². The van der Waals surface area contributed by atoms with Crippen molar-refractivity contribution >= 4 is 6.08 Å². The van der Waals surface area contributed by atoms with E-state index in [9.17, 15) is 0 Å². The quantitative estimate of drug-likeness (QED) is 0.431. The van der Waals surface area contributed by atoms with Crippen molar-refractivity contribution in [2.75, 3.05) is 0 Å². The first-order valence-electron chi connectivity index (χ1n) is 6.22. The summed E-state index contributed by atoms with van der Waals surface area (Å²) in [6.45, 7) is 6.07. The summed E-state index contributed by atoms with van der Waals surface area (Å²) in [7, 11) is 0. The fraction of sp³-hybridized carbons (Fsp3) is 0.375. The lowest BCUT2D eigenvalue weighted by molar-refractivity contribution is 0.709. The molecule has 0 atom stereocenters. The third kappa shape index (κ3) is 4.97. The van der Waals surface area contributed by atoms with Crippen LogP contribution in [0.2, 0.25) is 0 Å². The van der Waals surface area contributed by atoms with Crippen LogP contribution in [0.5, 0.6) is 0 Å². The monoisotopic (exact) mass is 214 g/mol. The van der Waals surface area contributed by atoms with Gasteiger partial charge < -0.3 is 0 Å². The van der Waals surface area contributed by atoms with Gasteiger partial charge in [0.05, 0.1) is 0 Å². The van der Waals surface area contributed by atoms with Crippen LogP contribution in [0.25, 0.3) is 6.08 Å². The molecule has 0 amide bonds. The van der Waals surface area contributed by atoms with Crippen LogP contribution in [0, 0.1) is 0 Å². The molecule has 0 saturated carbocycles. The first-order valence-corrected chi connectivity index (χ1v) is 6.22. The van der Waals surface area contributed by atoms with E-state index in [1.165, 1.54) is 36.8 Å². The van der Waals surface area contributed by atoms with Crippen LogP contribution in [0.3, 0.4) is 0 Å². The second kappa shape index (κ2) is 7.92. The average Bonchev–Trinajstić information content (AvgIpc) is 2.31. The summed E-state index contributed by atoms with van der Waals surface area (Å²) in [5.41, 5.74) is 2.80. The molecule has 0 aliphatic carbocycles. The van der Waals surface area contributed by atoms with Crippen molar-refractivity contribution in [1.82, 2.24) is 0 Å². The zero-order valence-electron chi connectivity index (χ0n) is 10.3. The standard InChI is InChI=1S/C16H22/c1-3-5-7-11-15(10-4-2)14-16-12-8-6-9-13-16/h4,6,8-9,12-14H,2-3,5,7,10-11H2,1H3/b15-14+. The molecule has 1 aromatic rings. The van der Waals surface area contributed by atoms with Gasteiger partial charge in [0.1, 0.15) is 0 Å². The predicted molar refractivity (Wildman–Crippen MR) is 73.4 cm³/mol. The molecule has 0 nitrogen and oxygen atoms in total. The van der Waals surface area contributed by atoms with E-state index in [0.29, 0.717) is 0 Å². The van der Waals surface area contributed by atoms with Gasteiger partial charge in [-0.05, 0) is 24.8 Å². The first-order chi connectivity index (χ1) is 7.86. The summed E-state index contributed by atoms with van der Waals surface area (Å²) in [5.74, 6) is 0. The van der Waals surface area contributed by atoms with Crippen LogP contribution in [0.4, 0.5) is 0 Å². The Morgan fingerprint density at radius 2 is 1.94 bits per heavy atom. The van der Waals surface area contributed by atoms with Crippen molar-refractivity contribution in [1.29, 1.82) is 0 Å². The Bertz CT molecular complexity index is 319. The highest BCUT2D eigenvalue weighted by Gasteiger charge is 1.96. The van der Waals surface area contributed by atoms with E-state index in [4.69, 9.17) is 0 Å². The Morgan fingerprint density at radius 1 is 1.19 bits per heavy atom. The van der Waals surface area contributed by atoms with Crippen molar-refractivity contribution in [2.45, 2.75) is 39.0 Å². The smallest absolute Gasteiger partial charge is 0.0138 e. The van der Waals surface area contributed by atoms with Crippen LogP contribution in [0.15, 0.2) is 48.6 Å². The molecule has 86 valence electrons. The number of allylic oxidation sites excluding steroid dienone is 2. The summed E-state index contributed by atoms with van der Waals surface area (Å²) in [6, 6.07) is 10.5. The Balaban J connectivity index is 2.61. The summed E-state index contributed by atoms with van der Waals surface area (Å²) < 4.78 is 0. The zero-order valence-corrected chi connectivity index (χ0v) is 10.3. The molecule has 1 rings (SSSR count). The molecule has 16 heavy (non-hydrogen) atoms. The van der Waals surface area contributed by atoms with Crippen molar-refractivity contribution in [3.8, 4) is 0 Å². The third-order valence-corrected chi connectivity index (χ3v) is 2.68. The molecule has 0 aliphatic heterocycles. The third-order valence-electron chi connectivity index (χ3n) is 2.68. The minimum Gasteiger partial charge on any atom is -0.103 e. The number of unbranched alkanes of at least 4 members (excludes halogenated alkanes) is 2. The van der Waals surface area contributed by atoms with Crippen molar-refractivity contribution in [2.24, 2.45) is 0 Å². The zero-order chi connectivity index (χ0) is 11.6. The Labute approximate surface area is 99.7 Å². The Morgan fingerprint density at radius 3 is 2.56 bits per heavy atom. The molecule has 0 bridgehead atoms. The van der Waals surface area contributed by atoms with Gasteiger partial charge in [0.2, 0.25) is 0 Å². The molecular formula is C16H22. The highest BCUT2D eigenvalue weighted by Crippen LogP contribution is 2.17. The van der Waals surface area contributed by atoms with Gasteiger partial charge in [-0.15, -0.1) is 6.58 Å². The van der Waals surface area contributed by atoms with Gasteiger partial charge in [-0.25, -0.2) is 0 Å². The molecule has 0 heterocycles. The van der Waals surface area contributed by atoms with E-state index in [-0.39, 0.29) is 0 Å². The SMILES string of the molecule is C=CC/C(=C\c1ccccc1)CCCCC. The highest BCUT2D eigenvalue weighted by atomic mass is 14.0. The lowest BCUT2D eigenvalue weighted by Gasteiger charge is -2.04. The summed E-state index contributed by atoms with van der Waals surface area (Å²) in [4.78, 5) is 0. The number of benzene rings is 1. The number of hydrogen-bond acceptors (Lipinski definition) is 0. The average molecular weight is 214 g/mol. The molecular weight excluding hydrogens is 192 g/mol. The Kier molecular flexibility index (Phi) is 6.32. The van der Waals surface area contributed by atoms with Crippen LogP contribution < -0.4 is 0 Å². The van der Waals surface area contributed by atoms with Gasteiger partial charge in [0.15, 0.2) is 0 Å². The van der Waals surface area contributed by atoms with Crippen LogP contribution in [0.1, 0.15) is 44.6 Å². The summed E-state index contributed by atoms with van der Waals surface area (Å²) in [6.07, 6.45) is 10.4. The molecule has 0 aliphatic rings. The maximum Gasteiger partial charge on any atom is -0.0138 e. The number of rotatable bonds is 7. The molecule has 0 saturated heterocycles. The normalized spacial score (nSPS) is 11.4. The summed E-state index contributed by atoms with van der Waals surface area (Å²) >= 11 is 0. The van der Waals surface area contributed by atoms with E-state index in [1.807, 2.05) is 6.08 Å². The van der Waals surface area contributed by atoms with E-state index >= 15 is 0 Å². The van der Waals surface area contributed by atoms with Crippen LogP contribution in [-0.4, -0.2) is 0 Å². The molecule has 0 aromatic heterocycles. The topological polar surface area (TPSA) is 0 Å². The molecule has 0 unspecified atom stereocenters. The van der Waals surface area contributed by atoms with Gasteiger partial charge in [-0.2, -0.15) is 0 Å². The van der Waals surface area contributed by atoms with E-state index in [2.05, 4.69) is 49.9 Å². The van der Waals surface area contributed by atoms with E-state index in [0.717, 1.165) is 6.42 Å². The van der Waals surface area contributed by atoms with Crippen LogP contribution in [-0.2, 0) is 0 Å². The lowest BCUT2D eigenvalue weighted by Crippen LogP contribution is -1.84. The molecule has 0 radical (unpaired) electrons. The van der Waals surface area contributed by atoms with Crippen molar-refractivity contribution < 1.29 is 0 Å². The van der Waals surface area contributed by atoms with Crippen molar-refractivity contribution in [3.05, 3.63) is 54.1 Å². The molecule has 0 N–H and O–H groups in total. The van der Waals surface area contributed by atoms with Gasteiger partial charge >= 0.3 is 0 Å². The fourth-order valence-electron chi connectivity index (χ4n) is 1.81. The molecule has 0 spiro atoms. The van der Waals surface area contributed by atoms with Gasteiger partial charge in [0, 0.05) is 0 Å². The van der Waals surface area contributed by atoms with Gasteiger partial charge in [0.25, 0.3) is 0 Å². The summed E-state index contributed by atoms with van der Waals surface area (Å²) in [5, 5.41) is 0. The first kappa shape index (κ1) is 12.8. The maximum absolute atomic E-state index is 3.83. The lowest BCUT2D eigenvalue weighted by atomic mass is 10.0. The second-order valence-electron chi connectivity index (χ2n) is 4.16. The highest BCUT2D eigenvalue weighted by molar-refractivity contribution is 5.52. The second-order valence-corrected chi connectivity index (χ2v) is 4.16. The molecule has 1 aromatic carbocycles. The fourth-order valence-corrected chi connectivity index (χ4v) is 1.81. The molecule has 0 heteroatoms. The largest absolute Gasteiger partial charge is 0.103 e. The molecule has 0 fully saturated rings. The van der Waals surface area contributed by atoms with Gasteiger partial charge in [-0.1, -0.05) is 67.8 Å². The van der Waals surface area contributed by atoms with Gasteiger partial charge in [-0.3, -0.25) is 0 Å². The maximum atomic E-state index is 3.83. The minimum absolute atomic E-state index is 1.01. The van der Waals surface area contributed by atoms with E-state index in [1.54, 1.807) is 0 Å².